The molecule has 0 bridgehead atoms. The topological polar surface area (TPSA) is 118 Å². The van der Waals surface area contributed by atoms with E-state index in [4.69, 9.17) is 4.42 Å². The number of rotatable bonds is 6. The molecule has 162 valence electrons. The molecular weight excluding hydrogens is 425 g/mol. The molecule has 0 unspecified atom stereocenters. The summed E-state index contributed by atoms with van der Waals surface area (Å²) in [4.78, 5) is 24.1. The molecule has 0 saturated carbocycles. The molecule has 0 spiro atoms. The fraction of sp³-hybridized carbons (Fsp3) is 0.143. The number of hydrogen-bond acceptors (Lipinski definition) is 5. The van der Waals surface area contributed by atoms with Gasteiger partial charge in [0.25, 0.3) is 15.9 Å². The van der Waals surface area contributed by atoms with Crippen LogP contribution in [0.1, 0.15) is 27.4 Å². The highest BCUT2D eigenvalue weighted by molar-refractivity contribution is 7.92. The lowest BCUT2D eigenvalue weighted by atomic mass is 10.1. The summed E-state index contributed by atoms with van der Waals surface area (Å²) in [5, 5.41) is 0. The van der Waals surface area contributed by atoms with Crippen molar-refractivity contribution >= 4 is 27.5 Å². The second-order valence-corrected chi connectivity index (χ2v) is 8.44. The molecule has 2 aromatic carbocycles. The smallest absolute Gasteiger partial charge is 0.273 e. The van der Waals surface area contributed by atoms with Gasteiger partial charge in [-0.25, -0.2) is 12.8 Å². The molecule has 10 heteroatoms. The van der Waals surface area contributed by atoms with Crippen LogP contribution < -0.4 is 15.6 Å². The molecule has 0 atom stereocenters. The Bertz CT molecular complexity index is 1200. The van der Waals surface area contributed by atoms with E-state index in [0.717, 1.165) is 24.3 Å². The second-order valence-electron chi connectivity index (χ2n) is 6.76. The van der Waals surface area contributed by atoms with Crippen molar-refractivity contribution in [1.82, 2.24) is 10.9 Å². The molecule has 0 fully saturated rings. The van der Waals surface area contributed by atoms with Gasteiger partial charge in [0.05, 0.1) is 16.9 Å². The third kappa shape index (κ3) is 5.70. The number of sulfonamides is 1. The highest BCUT2D eigenvalue weighted by atomic mass is 32.2. The van der Waals surface area contributed by atoms with Gasteiger partial charge in [-0.3, -0.25) is 25.2 Å². The molecule has 0 radical (unpaired) electrons. The minimum Gasteiger partial charge on any atom is -0.466 e. The number of amides is 2. The Morgan fingerprint density at radius 3 is 2.19 bits per heavy atom. The predicted molar refractivity (Wildman–Crippen MR) is 111 cm³/mol. The molecule has 1 heterocycles. The van der Waals surface area contributed by atoms with Gasteiger partial charge in [-0.15, -0.1) is 0 Å². The number of benzene rings is 2. The highest BCUT2D eigenvalue weighted by Crippen LogP contribution is 2.17. The average molecular weight is 445 g/mol. The van der Waals surface area contributed by atoms with E-state index in [0.29, 0.717) is 22.6 Å². The molecule has 0 aliphatic carbocycles. The van der Waals surface area contributed by atoms with Crippen LogP contribution in [0.25, 0.3) is 0 Å². The van der Waals surface area contributed by atoms with Crippen molar-refractivity contribution in [2.24, 2.45) is 0 Å². The summed E-state index contributed by atoms with van der Waals surface area (Å²) in [6, 6.07) is 12.2. The zero-order chi connectivity index (χ0) is 22.6. The van der Waals surface area contributed by atoms with Crippen molar-refractivity contribution in [2.75, 3.05) is 4.72 Å². The molecule has 0 aliphatic heterocycles. The lowest BCUT2D eigenvalue weighted by Gasteiger charge is -2.10. The van der Waals surface area contributed by atoms with E-state index in [9.17, 15) is 22.4 Å². The molecule has 8 nitrogen and oxygen atoms in total. The summed E-state index contributed by atoms with van der Waals surface area (Å²) in [7, 11) is -3.86. The zero-order valence-corrected chi connectivity index (χ0v) is 17.5. The Morgan fingerprint density at radius 2 is 1.61 bits per heavy atom. The van der Waals surface area contributed by atoms with Crippen LogP contribution in [0.3, 0.4) is 0 Å². The molecule has 3 N–H and O–H groups in total. The fourth-order valence-electron chi connectivity index (χ4n) is 2.80. The van der Waals surface area contributed by atoms with Crippen molar-refractivity contribution < 1.29 is 26.8 Å². The van der Waals surface area contributed by atoms with Crippen LogP contribution in [-0.2, 0) is 21.2 Å². The highest BCUT2D eigenvalue weighted by Gasteiger charge is 2.15. The molecule has 2 amide bonds. The van der Waals surface area contributed by atoms with Gasteiger partial charge in [0.15, 0.2) is 0 Å². The van der Waals surface area contributed by atoms with E-state index in [2.05, 4.69) is 15.6 Å². The number of carbonyl (C=O) groups is 2. The van der Waals surface area contributed by atoms with Crippen LogP contribution in [0.5, 0.6) is 0 Å². The van der Waals surface area contributed by atoms with E-state index < -0.39 is 27.7 Å². The average Bonchev–Trinajstić information content (AvgIpc) is 3.06. The summed E-state index contributed by atoms with van der Waals surface area (Å²) in [5.41, 5.74) is 5.86. The third-order valence-electron chi connectivity index (χ3n) is 4.30. The predicted octanol–water partition coefficient (Wildman–Crippen LogP) is 2.84. The van der Waals surface area contributed by atoms with E-state index in [-0.39, 0.29) is 17.0 Å². The second kappa shape index (κ2) is 9.00. The van der Waals surface area contributed by atoms with Crippen molar-refractivity contribution in [3.8, 4) is 0 Å². The van der Waals surface area contributed by atoms with Gasteiger partial charge in [0.2, 0.25) is 5.91 Å². The summed E-state index contributed by atoms with van der Waals surface area (Å²) in [5.74, 6) is -0.445. The van der Waals surface area contributed by atoms with Crippen LogP contribution in [0.15, 0.2) is 63.9 Å². The molecule has 0 aliphatic rings. The molecular formula is C21H20FN3O5S. The molecule has 3 aromatic rings. The molecule has 31 heavy (non-hydrogen) atoms. The van der Waals surface area contributed by atoms with Crippen LogP contribution in [0, 0.1) is 19.7 Å². The number of furan rings is 1. The summed E-state index contributed by atoms with van der Waals surface area (Å²) >= 11 is 0. The van der Waals surface area contributed by atoms with Crippen LogP contribution >= 0.6 is 0 Å². The lowest BCUT2D eigenvalue weighted by molar-refractivity contribution is -0.121. The first kappa shape index (κ1) is 22.0. The van der Waals surface area contributed by atoms with Gasteiger partial charge >= 0.3 is 0 Å². The number of aryl methyl sites for hydroxylation is 2. The largest absolute Gasteiger partial charge is 0.466 e. The summed E-state index contributed by atoms with van der Waals surface area (Å²) < 4.78 is 45.3. The molecule has 1 aromatic heterocycles. The fourth-order valence-corrected chi connectivity index (χ4v) is 3.86. The van der Waals surface area contributed by atoms with Crippen molar-refractivity contribution in [1.29, 1.82) is 0 Å². The maximum atomic E-state index is 13.0. The van der Waals surface area contributed by atoms with Gasteiger partial charge in [0, 0.05) is 5.69 Å². The number of carbonyl (C=O) groups excluding carboxylic acids is 2. The van der Waals surface area contributed by atoms with E-state index >= 15 is 0 Å². The Morgan fingerprint density at radius 1 is 0.968 bits per heavy atom. The first-order valence-electron chi connectivity index (χ1n) is 9.17. The Labute approximate surface area is 178 Å². The van der Waals surface area contributed by atoms with Crippen LogP contribution in [0.4, 0.5) is 10.1 Å². The lowest BCUT2D eigenvalue weighted by Crippen LogP contribution is -2.42. The van der Waals surface area contributed by atoms with E-state index in [1.165, 1.54) is 12.1 Å². The van der Waals surface area contributed by atoms with Gasteiger partial charge < -0.3 is 4.42 Å². The normalized spacial score (nSPS) is 11.1. The summed E-state index contributed by atoms with van der Waals surface area (Å²) in [6.45, 7) is 3.36. The van der Waals surface area contributed by atoms with Crippen molar-refractivity contribution in [2.45, 2.75) is 25.2 Å². The standard InChI is InChI=1S/C21H20FN3O5S/c1-13-11-19(14(2)30-13)21(27)24-23-20(26)12-15-3-7-17(8-4-15)25-31(28,29)18-9-5-16(22)6-10-18/h3-11,25H,12H2,1-2H3,(H,23,26)(H,24,27). The molecule has 3 rings (SSSR count). The Kier molecular flexibility index (Phi) is 6.40. The monoisotopic (exact) mass is 445 g/mol. The summed E-state index contributed by atoms with van der Waals surface area (Å²) in [6.07, 6.45) is -0.0331. The quantitative estimate of drug-likeness (QED) is 0.505. The zero-order valence-electron chi connectivity index (χ0n) is 16.7. The maximum Gasteiger partial charge on any atom is 0.273 e. The SMILES string of the molecule is Cc1cc(C(=O)NNC(=O)Cc2ccc(NS(=O)(=O)c3ccc(F)cc3)cc2)c(C)o1. The first-order chi connectivity index (χ1) is 14.6. The number of halogens is 1. The van der Waals surface area contributed by atoms with E-state index in [1.807, 2.05) is 0 Å². The van der Waals surface area contributed by atoms with Gasteiger partial charge in [-0.1, -0.05) is 12.1 Å². The number of nitrogens with one attached hydrogen (secondary N) is 3. The van der Waals surface area contributed by atoms with Crippen molar-refractivity contribution in [3.63, 3.8) is 0 Å². The number of hydrogen-bond donors (Lipinski definition) is 3. The van der Waals surface area contributed by atoms with Gasteiger partial charge in [0.1, 0.15) is 17.3 Å². The number of hydrazine groups is 1. The Hall–Kier alpha value is -3.66. The third-order valence-corrected chi connectivity index (χ3v) is 5.69. The maximum absolute atomic E-state index is 13.0. The van der Waals surface area contributed by atoms with Crippen LogP contribution in [0.2, 0.25) is 0 Å². The minimum absolute atomic E-state index is 0.0331. The van der Waals surface area contributed by atoms with E-state index in [1.54, 1.807) is 32.0 Å². The van der Waals surface area contributed by atoms with Crippen molar-refractivity contribution in [3.05, 3.63) is 83.1 Å². The first-order valence-corrected chi connectivity index (χ1v) is 10.7. The van der Waals surface area contributed by atoms with Gasteiger partial charge in [-0.2, -0.15) is 0 Å². The number of anilines is 1. The Balaban J connectivity index is 1.55. The minimum atomic E-state index is -3.86. The molecule has 0 saturated heterocycles. The van der Waals surface area contributed by atoms with Gasteiger partial charge in [-0.05, 0) is 61.9 Å². The van der Waals surface area contributed by atoms with Crippen LogP contribution in [-0.4, -0.2) is 20.2 Å².